The smallest absolute Gasteiger partial charge is 0.266 e. The van der Waals surface area contributed by atoms with Crippen molar-refractivity contribution >= 4 is 16.6 Å². The van der Waals surface area contributed by atoms with Crippen LogP contribution in [0.1, 0.15) is 30.9 Å². The summed E-state index contributed by atoms with van der Waals surface area (Å²) in [5.74, 6) is 2.17. The maximum atomic E-state index is 13.9. The number of anilines is 1. The number of benzene rings is 1. The van der Waals surface area contributed by atoms with Gasteiger partial charge in [0.2, 0.25) is 0 Å². The molecule has 2 aromatic rings. The van der Waals surface area contributed by atoms with Gasteiger partial charge in [-0.3, -0.25) is 4.79 Å². The fraction of sp³-hybridized carbons (Fsp3) is 0.421. The molecule has 24 heavy (non-hydrogen) atoms. The summed E-state index contributed by atoms with van der Waals surface area (Å²) < 4.78 is 19.5. The normalized spacial score (nSPS) is 17.0. The van der Waals surface area contributed by atoms with E-state index in [9.17, 15) is 9.18 Å². The number of nitrogens with zero attached hydrogens (tertiary/aromatic N) is 1. The molecular weight excluding hydrogens is 307 g/mol. The first-order valence-electron chi connectivity index (χ1n) is 8.01. The van der Waals surface area contributed by atoms with Crippen molar-refractivity contribution in [3.8, 4) is 12.3 Å². The van der Waals surface area contributed by atoms with E-state index >= 15 is 0 Å². The first-order valence-corrected chi connectivity index (χ1v) is 8.01. The van der Waals surface area contributed by atoms with Gasteiger partial charge in [0.05, 0.1) is 16.8 Å². The number of pyridine rings is 1. The van der Waals surface area contributed by atoms with Crippen LogP contribution >= 0.6 is 0 Å². The molecule has 5 heteroatoms. The summed E-state index contributed by atoms with van der Waals surface area (Å²) in [5.41, 5.74) is 1.50. The number of hydrogen-bond acceptors (Lipinski definition) is 3. The van der Waals surface area contributed by atoms with Gasteiger partial charge in [0.25, 0.3) is 5.56 Å². The standard InChI is InChI=1S/C19H21FN2O2/c1-5-13-17(22-8-6-19(3,24-4)7-9-22)14-10-12(2)15(20)11-16(14)21-18(13)23/h1,10-11H,6-9H2,2-4H3,(H,21,23). The van der Waals surface area contributed by atoms with Gasteiger partial charge in [-0.2, -0.15) is 0 Å². The minimum Gasteiger partial charge on any atom is -0.378 e. The predicted octanol–water partition coefficient (Wildman–Crippen LogP) is 2.96. The molecule has 0 saturated carbocycles. The van der Waals surface area contributed by atoms with Crippen LogP contribution in [0.4, 0.5) is 10.1 Å². The molecule has 0 unspecified atom stereocenters. The zero-order valence-corrected chi connectivity index (χ0v) is 14.2. The highest BCUT2D eigenvalue weighted by molar-refractivity contribution is 5.95. The molecular formula is C19H21FN2O2. The van der Waals surface area contributed by atoms with Crippen molar-refractivity contribution in [3.63, 3.8) is 0 Å². The second kappa shape index (κ2) is 5.95. The molecule has 3 rings (SSSR count). The third-order valence-electron chi connectivity index (χ3n) is 5.04. The quantitative estimate of drug-likeness (QED) is 0.862. The molecule has 1 fully saturated rings. The number of H-pyrrole nitrogens is 1. The molecule has 0 spiro atoms. The number of fused-ring (bicyclic) bond motifs is 1. The van der Waals surface area contributed by atoms with E-state index in [0.29, 0.717) is 16.6 Å². The fourth-order valence-electron chi connectivity index (χ4n) is 3.28. The van der Waals surface area contributed by atoms with Crippen molar-refractivity contribution in [2.75, 3.05) is 25.1 Å². The van der Waals surface area contributed by atoms with Crippen LogP contribution in [0.2, 0.25) is 0 Å². The second-order valence-electron chi connectivity index (χ2n) is 6.61. The molecule has 0 radical (unpaired) electrons. The monoisotopic (exact) mass is 328 g/mol. The third kappa shape index (κ3) is 2.67. The van der Waals surface area contributed by atoms with Gasteiger partial charge >= 0.3 is 0 Å². The molecule has 0 aliphatic carbocycles. The van der Waals surface area contributed by atoms with E-state index in [2.05, 4.69) is 22.7 Å². The van der Waals surface area contributed by atoms with E-state index in [1.165, 1.54) is 6.07 Å². The Hall–Kier alpha value is -2.32. The highest BCUT2D eigenvalue weighted by Crippen LogP contribution is 2.34. The van der Waals surface area contributed by atoms with Gasteiger partial charge < -0.3 is 14.6 Å². The lowest BCUT2D eigenvalue weighted by Crippen LogP contribution is -2.44. The average molecular weight is 328 g/mol. The lowest BCUT2D eigenvalue weighted by Gasteiger charge is -2.40. The van der Waals surface area contributed by atoms with Gasteiger partial charge in [-0.25, -0.2) is 4.39 Å². The SMILES string of the molecule is C#Cc1c(N2CCC(C)(OC)CC2)c2cc(C)c(F)cc2[nH]c1=O. The van der Waals surface area contributed by atoms with Crippen molar-refractivity contribution in [2.45, 2.75) is 32.3 Å². The second-order valence-corrected chi connectivity index (χ2v) is 6.61. The highest BCUT2D eigenvalue weighted by Gasteiger charge is 2.31. The van der Waals surface area contributed by atoms with Gasteiger partial charge in [-0.05, 0) is 44.4 Å². The highest BCUT2D eigenvalue weighted by atomic mass is 19.1. The van der Waals surface area contributed by atoms with Crippen LogP contribution in [0.15, 0.2) is 16.9 Å². The van der Waals surface area contributed by atoms with E-state index in [1.54, 1.807) is 20.1 Å². The number of nitrogens with one attached hydrogen (secondary N) is 1. The maximum absolute atomic E-state index is 13.9. The third-order valence-corrected chi connectivity index (χ3v) is 5.04. The number of aryl methyl sites for hydroxylation is 1. The fourth-order valence-corrected chi connectivity index (χ4v) is 3.28. The Morgan fingerprint density at radius 3 is 2.62 bits per heavy atom. The van der Waals surface area contributed by atoms with Crippen LogP contribution in [0.5, 0.6) is 0 Å². The summed E-state index contributed by atoms with van der Waals surface area (Å²) in [7, 11) is 1.72. The van der Waals surface area contributed by atoms with Crippen molar-refractivity contribution in [1.29, 1.82) is 0 Å². The largest absolute Gasteiger partial charge is 0.378 e. The molecule has 1 aromatic heterocycles. The Labute approximate surface area is 140 Å². The molecule has 1 aromatic carbocycles. The molecule has 2 heterocycles. The number of aromatic amines is 1. The number of hydrogen-bond donors (Lipinski definition) is 1. The Bertz CT molecular complexity index is 887. The summed E-state index contributed by atoms with van der Waals surface area (Å²) in [6.07, 6.45) is 7.27. The van der Waals surface area contributed by atoms with E-state index in [1.807, 2.05) is 0 Å². The molecule has 1 saturated heterocycles. The molecule has 126 valence electrons. The molecule has 1 aliphatic heterocycles. The summed E-state index contributed by atoms with van der Waals surface area (Å²) in [5, 5.41) is 0.780. The lowest BCUT2D eigenvalue weighted by molar-refractivity contribution is -0.0132. The molecule has 4 nitrogen and oxygen atoms in total. The van der Waals surface area contributed by atoms with Crippen LogP contribution in [0.25, 0.3) is 10.9 Å². The zero-order chi connectivity index (χ0) is 17.5. The van der Waals surface area contributed by atoms with Gasteiger partial charge in [0.1, 0.15) is 11.4 Å². The number of terminal acetylenes is 1. The maximum Gasteiger partial charge on any atom is 0.266 e. The summed E-state index contributed by atoms with van der Waals surface area (Å²) >= 11 is 0. The Morgan fingerprint density at radius 1 is 1.38 bits per heavy atom. The van der Waals surface area contributed by atoms with Crippen molar-refractivity contribution in [2.24, 2.45) is 0 Å². The Kier molecular flexibility index (Phi) is 4.10. The minimum atomic E-state index is -0.358. The van der Waals surface area contributed by atoms with E-state index < -0.39 is 0 Å². The van der Waals surface area contributed by atoms with Crippen LogP contribution in [-0.4, -0.2) is 30.8 Å². The van der Waals surface area contributed by atoms with Crippen LogP contribution in [0, 0.1) is 25.1 Å². The molecule has 0 amide bonds. The molecule has 1 N–H and O–H groups in total. The van der Waals surface area contributed by atoms with E-state index in [4.69, 9.17) is 11.2 Å². The number of aromatic nitrogens is 1. The van der Waals surface area contributed by atoms with Crippen LogP contribution < -0.4 is 10.5 Å². The van der Waals surface area contributed by atoms with Crippen molar-refractivity contribution < 1.29 is 9.13 Å². The summed E-state index contributed by atoms with van der Waals surface area (Å²) in [4.78, 5) is 17.1. The topological polar surface area (TPSA) is 45.3 Å². The number of halogens is 1. The molecule has 0 atom stereocenters. The zero-order valence-electron chi connectivity index (χ0n) is 14.2. The predicted molar refractivity (Wildman–Crippen MR) is 94.1 cm³/mol. The van der Waals surface area contributed by atoms with Crippen LogP contribution in [0.3, 0.4) is 0 Å². The first-order chi connectivity index (χ1) is 11.4. The summed E-state index contributed by atoms with van der Waals surface area (Å²) in [6.45, 7) is 5.25. The van der Waals surface area contributed by atoms with Crippen LogP contribution in [-0.2, 0) is 4.74 Å². The first kappa shape index (κ1) is 16.5. The van der Waals surface area contributed by atoms with E-state index in [-0.39, 0.29) is 17.0 Å². The number of piperidine rings is 1. The Balaban J connectivity index is 2.17. The van der Waals surface area contributed by atoms with Crippen molar-refractivity contribution in [1.82, 2.24) is 4.98 Å². The Morgan fingerprint density at radius 2 is 2.04 bits per heavy atom. The van der Waals surface area contributed by atoms with Gasteiger partial charge in [0, 0.05) is 25.6 Å². The number of ether oxygens (including phenoxy) is 1. The summed E-state index contributed by atoms with van der Waals surface area (Å²) in [6, 6.07) is 3.11. The van der Waals surface area contributed by atoms with Gasteiger partial charge in [0.15, 0.2) is 0 Å². The van der Waals surface area contributed by atoms with E-state index in [0.717, 1.165) is 37.0 Å². The molecule has 1 aliphatic rings. The van der Waals surface area contributed by atoms with Gasteiger partial charge in [-0.1, -0.05) is 5.92 Å². The average Bonchev–Trinajstić information content (AvgIpc) is 2.56. The lowest BCUT2D eigenvalue weighted by atomic mass is 9.92. The number of rotatable bonds is 2. The van der Waals surface area contributed by atoms with Crippen molar-refractivity contribution in [3.05, 3.63) is 39.4 Å². The minimum absolute atomic E-state index is 0.161. The number of methoxy groups -OCH3 is 1. The molecule has 0 bridgehead atoms. The van der Waals surface area contributed by atoms with Gasteiger partial charge in [-0.15, -0.1) is 6.42 Å².